The number of nitrogens with zero attached hydrogens (tertiary/aromatic N) is 1. The maximum Gasteiger partial charge on any atom is 0.0491 e. The third-order valence-electron chi connectivity index (χ3n) is 3.92. The summed E-state index contributed by atoms with van der Waals surface area (Å²) in [5.41, 5.74) is 4.13. The van der Waals surface area contributed by atoms with Gasteiger partial charge in [0.1, 0.15) is 0 Å². The van der Waals surface area contributed by atoms with Crippen molar-refractivity contribution in [3.8, 4) is 5.69 Å². The molecule has 0 fully saturated rings. The van der Waals surface area contributed by atoms with Crippen molar-refractivity contribution in [1.29, 1.82) is 0 Å². The summed E-state index contributed by atoms with van der Waals surface area (Å²) in [6.45, 7) is 4.34. The molecule has 0 saturated carbocycles. The summed E-state index contributed by atoms with van der Waals surface area (Å²) in [4.78, 5) is 0. The lowest BCUT2D eigenvalue weighted by molar-refractivity contribution is 0.860. The zero-order valence-corrected chi connectivity index (χ0v) is 12.3. The van der Waals surface area contributed by atoms with Crippen LogP contribution in [0.2, 0.25) is 0 Å². The fourth-order valence-electron chi connectivity index (χ4n) is 3.11. The first kappa shape index (κ1) is 13.0. The topological polar surface area (TPSA) is 4.93 Å². The third kappa shape index (κ3) is 2.03. The van der Waals surface area contributed by atoms with E-state index in [9.17, 15) is 0 Å². The van der Waals surface area contributed by atoms with Crippen LogP contribution in [0.25, 0.3) is 23.9 Å². The first-order valence-corrected chi connectivity index (χ1v) is 7.49. The van der Waals surface area contributed by atoms with Crippen LogP contribution >= 0.6 is 0 Å². The largest absolute Gasteiger partial charge is 0.313 e. The molecule has 0 unspecified atom stereocenters. The van der Waals surface area contributed by atoms with Gasteiger partial charge >= 0.3 is 0 Å². The van der Waals surface area contributed by atoms with Crippen molar-refractivity contribution >= 4 is 18.2 Å². The second-order valence-electron chi connectivity index (χ2n) is 5.17. The van der Waals surface area contributed by atoms with Crippen LogP contribution in [-0.4, -0.2) is 4.57 Å². The summed E-state index contributed by atoms with van der Waals surface area (Å²) in [5, 5.41) is 2.72. The zero-order chi connectivity index (χ0) is 13.9. The molecule has 0 saturated heterocycles. The highest BCUT2D eigenvalue weighted by Crippen LogP contribution is 2.18. The average molecular weight is 263 g/mol. The Balaban J connectivity index is 2.41. The average Bonchev–Trinajstić information content (AvgIpc) is 2.82. The minimum atomic E-state index is 1.07. The van der Waals surface area contributed by atoms with Gasteiger partial charge in [-0.05, 0) is 38.3 Å². The van der Waals surface area contributed by atoms with Crippen molar-refractivity contribution in [1.82, 2.24) is 4.57 Å². The van der Waals surface area contributed by atoms with Crippen molar-refractivity contribution in [3.05, 3.63) is 58.2 Å². The second kappa shape index (κ2) is 5.54. The van der Waals surface area contributed by atoms with Crippen molar-refractivity contribution < 1.29 is 0 Å². The quantitative estimate of drug-likeness (QED) is 0.782. The monoisotopic (exact) mass is 263 g/mol. The molecule has 0 radical (unpaired) electrons. The van der Waals surface area contributed by atoms with Gasteiger partial charge in [0, 0.05) is 27.5 Å². The van der Waals surface area contributed by atoms with Crippen LogP contribution in [0.15, 0.2) is 36.4 Å². The van der Waals surface area contributed by atoms with E-state index in [1.165, 1.54) is 27.5 Å². The smallest absolute Gasteiger partial charge is 0.0491 e. The number of benzene rings is 1. The predicted octanol–water partition coefficient (Wildman–Crippen LogP) is 3.43. The van der Waals surface area contributed by atoms with Crippen LogP contribution in [0.4, 0.5) is 0 Å². The molecule has 102 valence electrons. The van der Waals surface area contributed by atoms with Crippen molar-refractivity contribution in [2.24, 2.45) is 0 Å². The van der Waals surface area contributed by atoms with Gasteiger partial charge < -0.3 is 4.57 Å². The van der Waals surface area contributed by atoms with Gasteiger partial charge in [-0.15, -0.1) is 0 Å². The van der Waals surface area contributed by atoms with E-state index >= 15 is 0 Å². The molecule has 3 rings (SSSR count). The van der Waals surface area contributed by atoms with Gasteiger partial charge in [-0.3, -0.25) is 0 Å². The SMILES string of the molecule is C/C=c1\c(=C/CC)c2c(n1-c1ccccc1)CCC=C2. The van der Waals surface area contributed by atoms with E-state index < -0.39 is 0 Å². The van der Waals surface area contributed by atoms with Crippen LogP contribution in [0, 0.1) is 0 Å². The van der Waals surface area contributed by atoms with E-state index in [4.69, 9.17) is 0 Å². The Kier molecular flexibility index (Phi) is 3.60. The number of para-hydroxylation sites is 1. The minimum Gasteiger partial charge on any atom is -0.313 e. The second-order valence-corrected chi connectivity index (χ2v) is 5.17. The normalized spacial score (nSPS) is 15.7. The summed E-state index contributed by atoms with van der Waals surface area (Å²) in [5.74, 6) is 0. The van der Waals surface area contributed by atoms with Crippen LogP contribution in [-0.2, 0) is 6.42 Å². The standard InChI is InChI=1S/C19H21N/c1-3-10-16-17-13-8-9-14-19(17)20(18(16)4-2)15-11-6-5-7-12-15/h4-8,10-13H,3,9,14H2,1-2H3/b16-10-,18-4+. The lowest BCUT2D eigenvalue weighted by Crippen LogP contribution is -2.29. The highest BCUT2D eigenvalue weighted by molar-refractivity contribution is 5.60. The lowest BCUT2D eigenvalue weighted by Gasteiger charge is -2.12. The molecule has 20 heavy (non-hydrogen) atoms. The van der Waals surface area contributed by atoms with Crippen LogP contribution < -0.4 is 10.6 Å². The Morgan fingerprint density at radius 2 is 2.00 bits per heavy atom. The highest BCUT2D eigenvalue weighted by atomic mass is 15.0. The molecule has 1 nitrogen and oxygen atoms in total. The summed E-state index contributed by atoms with van der Waals surface area (Å²) in [6, 6.07) is 10.7. The van der Waals surface area contributed by atoms with E-state index in [2.05, 4.69) is 73.1 Å². The summed E-state index contributed by atoms with van der Waals surface area (Å²) in [7, 11) is 0. The minimum absolute atomic E-state index is 1.07. The van der Waals surface area contributed by atoms with Crippen molar-refractivity contribution in [3.63, 3.8) is 0 Å². The molecule has 0 spiro atoms. The first-order valence-electron chi connectivity index (χ1n) is 7.49. The van der Waals surface area contributed by atoms with Gasteiger partial charge in [-0.2, -0.15) is 0 Å². The number of hydrogen-bond donors (Lipinski definition) is 0. The fraction of sp³-hybridized carbons (Fsp3) is 0.263. The Bertz CT molecular complexity index is 745. The molecule has 1 heteroatoms. The molecule has 1 aliphatic carbocycles. The maximum absolute atomic E-state index is 2.43. The summed E-state index contributed by atoms with van der Waals surface area (Å²) in [6.07, 6.45) is 12.5. The molecule has 1 aromatic heterocycles. The molecule has 1 aromatic carbocycles. The number of fused-ring (bicyclic) bond motifs is 1. The van der Waals surface area contributed by atoms with E-state index in [0.717, 1.165) is 19.3 Å². The predicted molar refractivity (Wildman–Crippen MR) is 87.3 cm³/mol. The van der Waals surface area contributed by atoms with Gasteiger partial charge in [-0.1, -0.05) is 49.4 Å². The van der Waals surface area contributed by atoms with Crippen LogP contribution in [0.5, 0.6) is 0 Å². The summed E-state index contributed by atoms with van der Waals surface area (Å²) < 4.78 is 2.43. The van der Waals surface area contributed by atoms with E-state index in [1.54, 1.807) is 0 Å². The molecule has 0 bridgehead atoms. The lowest BCUT2D eigenvalue weighted by atomic mass is 10.0. The van der Waals surface area contributed by atoms with Gasteiger partial charge in [0.25, 0.3) is 0 Å². The zero-order valence-electron chi connectivity index (χ0n) is 12.3. The van der Waals surface area contributed by atoms with E-state index in [1.807, 2.05) is 0 Å². The highest BCUT2D eigenvalue weighted by Gasteiger charge is 2.15. The number of rotatable bonds is 2. The van der Waals surface area contributed by atoms with Crippen LogP contribution in [0.3, 0.4) is 0 Å². The molecular formula is C19H21N. The Labute approximate surface area is 120 Å². The molecule has 2 aromatic rings. The Hall–Kier alpha value is -2.02. The molecule has 0 atom stereocenters. The van der Waals surface area contributed by atoms with Crippen LogP contribution in [0.1, 0.15) is 37.9 Å². The Morgan fingerprint density at radius 3 is 2.70 bits per heavy atom. The Morgan fingerprint density at radius 1 is 1.20 bits per heavy atom. The molecular weight excluding hydrogens is 242 g/mol. The van der Waals surface area contributed by atoms with Gasteiger partial charge in [-0.25, -0.2) is 0 Å². The van der Waals surface area contributed by atoms with E-state index in [0.29, 0.717) is 0 Å². The third-order valence-corrected chi connectivity index (χ3v) is 3.92. The summed E-state index contributed by atoms with van der Waals surface area (Å²) >= 11 is 0. The maximum atomic E-state index is 2.43. The molecule has 0 aliphatic heterocycles. The van der Waals surface area contributed by atoms with Gasteiger partial charge in [0.05, 0.1) is 0 Å². The van der Waals surface area contributed by atoms with E-state index in [-0.39, 0.29) is 0 Å². The van der Waals surface area contributed by atoms with Gasteiger partial charge in [0.2, 0.25) is 0 Å². The fourth-order valence-corrected chi connectivity index (χ4v) is 3.11. The first-order chi connectivity index (χ1) is 9.86. The van der Waals surface area contributed by atoms with Crippen molar-refractivity contribution in [2.45, 2.75) is 33.1 Å². The van der Waals surface area contributed by atoms with Crippen molar-refractivity contribution in [2.75, 3.05) is 0 Å². The van der Waals surface area contributed by atoms with Gasteiger partial charge in [0.15, 0.2) is 0 Å². The number of allylic oxidation sites excluding steroid dienone is 1. The molecule has 1 aliphatic rings. The molecule has 0 amide bonds. The molecule has 0 N–H and O–H groups in total. The molecule has 1 heterocycles. The number of hydrogen-bond acceptors (Lipinski definition) is 0. The number of aromatic nitrogens is 1.